The Kier molecular flexibility index (Phi) is 7.62. The van der Waals surface area contributed by atoms with Crippen LogP contribution in [-0.4, -0.2) is 31.5 Å². The third-order valence-corrected chi connectivity index (χ3v) is 5.87. The number of nitriles is 1. The average Bonchev–Trinajstić information content (AvgIpc) is 3.09. The second-order valence-corrected chi connectivity index (χ2v) is 8.80. The van der Waals surface area contributed by atoms with E-state index < -0.39 is 27.9 Å². The van der Waals surface area contributed by atoms with Crippen molar-refractivity contribution >= 4 is 27.2 Å². The SMILES string of the molecule is Cn1c(=O)oc2ccc(-c3ccc(C[C@@H](C#N)NS(=O)(=O)NNC(=O)CCCN)cc3)cc21. The lowest BCUT2D eigenvalue weighted by atomic mass is 10.0. The second kappa shape index (κ2) is 10.4. The molecule has 12 heteroatoms. The number of hydrazine groups is 1. The van der Waals surface area contributed by atoms with E-state index in [9.17, 15) is 23.3 Å². The van der Waals surface area contributed by atoms with Gasteiger partial charge in [0.1, 0.15) is 6.04 Å². The number of aryl methyl sites for hydroxylation is 1. The standard InChI is InChI=1S/C21H24N6O5S/c1-27-18-12-16(8-9-19(18)32-21(27)29)15-6-4-14(5-7-15)11-17(13-23)25-33(30,31)26-24-20(28)3-2-10-22/h4-9,12,17,25-26H,2-3,10-11,22H2,1H3,(H,24,28)/t17-/m0/s1. The Morgan fingerprint density at radius 2 is 1.91 bits per heavy atom. The molecular formula is C21H24N6O5S. The lowest BCUT2D eigenvalue weighted by molar-refractivity contribution is -0.121. The Morgan fingerprint density at radius 1 is 1.21 bits per heavy atom. The minimum absolute atomic E-state index is 0.0802. The fourth-order valence-electron chi connectivity index (χ4n) is 3.15. The Balaban J connectivity index is 1.64. The summed E-state index contributed by atoms with van der Waals surface area (Å²) in [5, 5.41) is 9.36. The molecule has 3 aromatic rings. The van der Waals surface area contributed by atoms with Gasteiger partial charge < -0.3 is 10.2 Å². The molecule has 1 atom stereocenters. The lowest BCUT2D eigenvalue weighted by Crippen LogP contribution is -2.50. The number of oxazole rings is 1. The zero-order valence-electron chi connectivity index (χ0n) is 17.9. The van der Waals surface area contributed by atoms with Crippen LogP contribution < -0.4 is 26.5 Å². The third-order valence-electron chi connectivity index (χ3n) is 4.90. The van der Waals surface area contributed by atoms with Crippen LogP contribution in [0.3, 0.4) is 0 Å². The minimum Gasteiger partial charge on any atom is -0.408 e. The number of nitrogens with one attached hydrogen (secondary N) is 3. The zero-order valence-corrected chi connectivity index (χ0v) is 18.7. The summed E-state index contributed by atoms with van der Waals surface area (Å²) in [6.45, 7) is 0.311. The quantitative estimate of drug-likeness (QED) is 0.310. The molecule has 1 amide bonds. The molecule has 0 spiro atoms. The van der Waals surface area contributed by atoms with Crippen LogP contribution in [0.2, 0.25) is 0 Å². The number of amides is 1. The minimum atomic E-state index is -4.13. The number of hydrogen-bond acceptors (Lipinski definition) is 7. The zero-order chi connectivity index (χ0) is 24.0. The molecule has 1 aromatic heterocycles. The van der Waals surface area contributed by atoms with Crippen LogP contribution >= 0.6 is 0 Å². The number of nitrogens with zero attached hydrogens (tertiary/aromatic N) is 2. The molecule has 0 saturated carbocycles. The molecule has 0 aliphatic heterocycles. The summed E-state index contributed by atoms with van der Waals surface area (Å²) in [5.74, 6) is -0.962. The van der Waals surface area contributed by atoms with Crippen molar-refractivity contribution in [3.8, 4) is 17.2 Å². The van der Waals surface area contributed by atoms with Crippen LogP contribution in [0.15, 0.2) is 51.7 Å². The Hall–Kier alpha value is -3.50. The number of hydrogen-bond donors (Lipinski definition) is 4. The smallest absolute Gasteiger partial charge is 0.408 e. The van der Waals surface area contributed by atoms with Gasteiger partial charge in [0.15, 0.2) is 5.58 Å². The molecule has 0 fully saturated rings. The maximum atomic E-state index is 12.1. The van der Waals surface area contributed by atoms with Crippen LogP contribution in [0.4, 0.5) is 0 Å². The highest BCUT2D eigenvalue weighted by molar-refractivity contribution is 7.87. The normalized spacial score (nSPS) is 12.4. The van der Waals surface area contributed by atoms with Gasteiger partial charge in [0.2, 0.25) is 5.91 Å². The number of carbonyl (C=O) groups excluding carboxylic acids is 1. The molecule has 174 valence electrons. The van der Waals surface area contributed by atoms with Gasteiger partial charge in [-0.3, -0.25) is 14.8 Å². The average molecular weight is 473 g/mol. The van der Waals surface area contributed by atoms with E-state index in [-0.39, 0.29) is 12.8 Å². The molecule has 11 nitrogen and oxygen atoms in total. The van der Waals surface area contributed by atoms with Gasteiger partial charge >= 0.3 is 5.76 Å². The first-order chi connectivity index (χ1) is 15.7. The Morgan fingerprint density at radius 3 is 2.58 bits per heavy atom. The number of nitrogens with two attached hydrogens (primary N) is 1. The Bertz CT molecular complexity index is 1340. The summed E-state index contributed by atoms with van der Waals surface area (Å²) >= 11 is 0. The van der Waals surface area contributed by atoms with Crippen molar-refractivity contribution in [1.29, 1.82) is 5.26 Å². The van der Waals surface area contributed by atoms with Gasteiger partial charge in [0, 0.05) is 19.9 Å². The van der Waals surface area contributed by atoms with Crippen molar-refractivity contribution in [3.05, 3.63) is 58.6 Å². The van der Waals surface area contributed by atoms with E-state index in [2.05, 4.69) is 10.1 Å². The highest BCUT2D eigenvalue weighted by Gasteiger charge is 2.18. The van der Waals surface area contributed by atoms with Crippen molar-refractivity contribution in [2.45, 2.75) is 25.3 Å². The van der Waals surface area contributed by atoms with Crippen LogP contribution in [0.25, 0.3) is 22.2 Å². The number of fused-ring (bicyclic) bond motifs is 1. The summed E-state index contributed by atoms with van der Waals surface area (Å²) < 4.78 is 33.0. The number of aromatic nitrogens is 1. The predicted octanol–water partition coefficient (Wildman–Crippen LogP) is 0.427. The van der Waals surface area contributed by atoms with Gasteiger partial charge in [-0.25, -0.2) is 4.79 Å². The van der Waals surface area contributed by atoms with Crippen molar-refractivity contribution in [3.63, 3.8) is 0 Å². The third kappa shape index (κ3) is 6.27. The first kappa shape index (κ1) is 24.1. The van der Waals surface area contributed by atoms with Gasteiger partial charge in [0.25, 0.3) is 10.2 Å². The molecule has 0 radical (unpaired) electrons. The number of carbonyl (C=O) groups is 1. The summed E-state index contributed by atoms with van der Waals surface area (Å²) in [5.41, 5.74) is 11.0. The molecule has 2 aromatic carbocycles. The molecule has 0 unspecified atom stereocenters. The fraction of sp³-hybridized carbons (Fsp3) is 0.286. The molecular weight excluding hydrogens is 448 g/mol. The monoisotopic (exact) mass is 472 g/mol. The maximum Gasteiger partial charge on any atom is 0.419 e. The van der Waals surface area contributed by atoms with Crippen molar-refractivity contribution < 1.29 is 17.6 Å². The van der Waals surface area contributed by atoms with Gasteiger partial charge in [0.05, 0.1) is 11.6 Å². The van der Waals surface area contributed by atoms with E-state index in [4.69, 9.17) is 10.2 Å². The van der Waals surface area contributed by atoms with Crippen LogP contribution in [0.5, 0.6) is 0 Å². The molecule has 0 saturated heterocycles. The Labute approximate surface area is 190 Å². The molecule has 5 N–H and O–H groups in total. The van der Waals surface area contributed by atoms with Gasteiger partial charge in [-0.05, 0) is 41.8 Å². The molecule has 0 aliphatic carbocycles. The highest BCUT2D eigenvalue weighted by Crippen LogP contribution is 2.24. The summed E-state index contributed by atoms with van der Waals surface area (Å²) in [6, 6.07) is 13.5. The largest absolute Gasteiger partial charge is 0.419 e. The molecule has 33 heavy (non-hydrogen) atoms. The van der Waals surface area contributed by atoms with E-state index in [1.165, 1.54) is 4.57 Å². The van der Waals surface area contributed by atoms with Gasteiger partial charge in [-0.2, -0.15) is 18.4 Å². The van der Waals surface area contributed by atoms with Gasteiger partial charge in [-0.1, -0.05) is 30.3 Å². The first-order valence-electron chi connectivity index (χ1n) is 10.1. The predicted molar refractivity (Wildman–Crippen MR) is 122 cm³/mol. The molecule has 0 aliphatic rings. The lowest BCUT2D eigenvalue weighted by Gasteiger charge is -2.14. The fourth-order valence-corrected chi connectivity index (χ4v) is 3.97. The molecule has 1 heterocycles. The summed E-state index contributed by atoms with van der Waals surface area (Å²) in [7, 11) is -2.50. The van der Waals surface area contributed by atoms with E-state index in [1.807, 2.05) is 35.2 Å². The molecule has 0 bridgehead atoms. The van der Waals surface area contributed by atoms with E-state index in [1.54, 1.807) is 25.2 Å². The first-order valence-corrected chi connectivity index (χ1v) is 11.6. The van der Waals surface area contributed by atoms with Crippen LogP contribution in [0, 0.1) is 11.3 Å². The van der Waals surface area contributed by atoms with Crippen molar-refractivity contribution in [2.24, 2.45) is 12.8 Å². The van der Waals surface area contributed by atoms with E-state index >= 15 is 0 Å². The van der Waals surface area contributed by atoms with Crippen LogP contribution in [0.1, 0.15) is 18.4 Å². The number of benzene rings is 2. The topological polar surface area (TPSA) is 172 Å². The van der Waals surface area contributed by atoms with Crippen molar-refractivity contribution in [2.75, 3.05) is 6.54 Å². The van der Waals surface area contributed by atoms with Crippen LogP contribution in [-0.2, 0) is 28.5 Å². The highest BCUT2D eigenvalue weighted by atomic mass is 32.2. The second-order valence-electron chi connectivity index (χ2n) is 7.36. The van der Waals surface area contributed by atoms with E-state index in [0.29, 0.717) is 24.1 Å². The van der Waals surface area contributed by atoms with E-state index in [0.717, 1.165) is 16.7 Å². The summed E-state index contributed by atoms with van der Waals surface area (Å²) in [6.07, 6.45) is 0.622. The van der Waals surface area contributed by atoms with Gasteiger partial charge in [-0.15, -0.1) is 4.83 Å². The maximum absolute atomic E-state index is 12.1. The van der Waals surface area contributed by atoms with Crippen molar-refractivity contribution in [1.82, 2.24) is 19.5 Å². The summed E-state index contributed by atoms with van der Waals surface area (Å²) in [4.78, 5) is 25.1. The number of rotatable bonds is 10. The molecule has 3 rings (SSSR count).